The van der Waals surface area contributed by atoms with E-state index in [0.717, 1.165) is 0 Å². The molecule has 32 heavy (non-hydrogen) atoms. The Morgan fingerprint density at radius 1 is 0.875 bits per heavy atom. The molecular formula is C21H22F6N2O2S. The molecular weight excluding hydrogens is 458 g/mol. The second kappa shape index (κ2) is 8.35. The molecule has 1 saturated heterocycles. The third-order valence-electron chi connectivity index (χ3n) is 5.59. The van der Waals surface area contributed by atoms with Crippen LogP contribution in [-0.2, 0) is 15.6 Å². The van der Waals surface area contributed by atoms with Gasteiger partial charge in [0.1, 0.15) is 0 Å². The minimum atomic E-state index is -6.35. The van der Waals surface area contributed by atoms with Crippen molar-refractivity contribution in [3.8, 4) is 0 Å². The Hall–Kier alpha value is -2.11. The Kier molecular flexibility index (Phi) is 6.40. The molecule has 0 aromatic heterocycles. The van der Waals surface area contributed by atoms with Crippen LogP contribution in [0.25, 0.3) is 0 Å². The molecule has 11 heteroatoms. The fourth-order valence-corrected chi connectivity index (χ4v) is 5.36. The van der Waals surface area contributed by atoms with Gasteiger partial charge in [-0.3, -0.25) is 0 Å². The summed E-state index contributed by atoms with van der Waals surface area (Å²) in [5, 5.41) is -3.08. The maximum atomic E-state index is 14.6. The normalized spacial score (nSPS) is 18.7. The fraction of sp³-hybridized carbons (Fsp3) is 0.429. The zero-order valence-corrected chi connectivity index (χ0v) is 17.8. The summed E-state index contributed by atoms with van der Waals surface area (Å²) in [6, 6.07) is 14.4. The molecule has 1 aliphatic rings. The first kappa shape index (κ1) is 24.5. The van der Waals surface area contributed by atoms with Crippen LogP contribution >= 0.6 is 0 Å². The van der Waals surface area contributed by atoms with Gasteiger partial charge in [-0.15, -0.1) is 0 Å². The average molecular weight is 480 g/mol. The average Bonchev–Trinajstić information content (AvgIpc) is 3.27. The first-order valence-corrected chi connectivity index (χ1v) is 11.3. The van der Waals surface area contributed by atoms with Crippen molar-refractivity contribution in [2.24, 2.45) is 0 Å². The molecule has 0 aliphatic carbocycles. The first-order valence-electron chi connectivity index (χ1n) is 9.79. The maximum absolute atomic E-state index is 14.6. The van der Waals surface area contributed by atoms with Crippen molar-refractivity contribution in [2.75, 3.05) is 6.54 Å². The first-order chi connectivity index (χ1) is 14.8. The van der Waals surface area contributed by atoms with Gasteiger partial charge in [-0.1, -0.05) is 60.7 Å². The minimum absolute atomic E-state index is 0.191. The van der Waals surface area contributed by atoms with E-state index in [2.05, 4.69) is 5.32 Å². The predicted molar refractivity (Wildman–Crippen MR) is 107 cm³/mol. The molecule has 0 unspecified atom stereocenters. The van der Waals surface area contributed by atoms with E-state index in [1.165, 1.54) is 48.5 Å². The summed E-state index contributed by atoms with van der Waals surface area (Å²) in [4.78, 5) is 0. The van der Waals surface area contributed by atoms with Crippen molar-refractivity contribution >= 4 is 10.0 Å². The number of nitrogens with one attached hydrogen (secondary N) is 2. The maximum Gasteiger partial charge on any atom is 0.426 e. The van der Waals surface area contributed by atoms with Gasteiger partial charge in [0, 0.05) is 13.0 Å². The standard InChI is InChI=1S/C21H22F6N2O2S/c1-18(22,23)20(24,25)21(26,27)32(30,31)29-19(17-13-8-14-28-17,15-9-4-2-5-10-15)16-11-6-3-7-12-16/h2-7,9-12,17,28-29H,8,13-14H2,1H3/t17-/m0/s1. The highest BCUT2D eigenvalue weighted by molar-refractivity contribution is 7.90. The van der Waals surface area contributed by atoms with E-state index in [4.69, 9.17) is 0 Å². The molecule has 1 atom stereocenters. The summed E-state index contributed by atoms with van der Waals surface area (Å²) < 4.78 is 111. The summed E-state index contributed by atoms with van der Waals surface area (Å²) >= 11 is 0. The summed E-state index contributed by atoms with van der Waals surface area (Å²) in [7, 11) is -6.35. The number of hydrogen-bond acceptors (Lipinski definition) is 3. The van der Waals surface area contributed by atoms with Crippen molar-refractivity contribution in [1.82, 2.24) is 10.0 Å². The third kappa shape index (κ3) is 3.90. The quantitative estimate of drug-likeness (QED) is 0.548. The van der Waals surface area contributed by atoms with E-state index in [9.17, 15) is 34.8 Å². The van der Waals surface area contributed by atoms with Gasteiger partial charge < -0.3 is 5.32 Å². The van der Waals surface area contributed by atoms with Crippen LogP contribution in [0.4, 0.5) is 26.3 Å². The molecule has 4 nitrogen and oxygen atoms in total. The van der Waals surface area contributed by atoms with Crippen LogP contribution in [0, 0.1) is 0 Å². The molecule has 0 amide bonds. The van der Waals surface area contributed by atoms with Gasteiger partial charge in [0.2, 0.25) is 0 Å². The second-order valence-electron chi connectivity index (χ2n) is 7.77. The number of rotatable bonds is 8. The van der Waals surface area contributed by atoms with Crippen LogP contribution in [0.3, 0.4) is 0 Å². The molecule has 0 saturated carbocycles. The third-order valence-corrected chi connectivity index (χ3v) is 7.11. The number of sulfonamides is 1. The molecule has 0 radical (unpaired) electrons. The van der Waals surface area contributed by atoms with Crippen molar-refractivity contribution in [1.29, 1.82) is 0 Å². The number of hydrogen-bond donors (Lipinski definition) is 2. The topological polar surface area (TPSA) is 58.2 Å². The lowest BCUT2D eigenvalue weighted by molar-refractivity contribution is -0.271. The van der Waals surface area contributed by atoms with E-state index >= 15 is 0 Å². The van der Waals surface area contributed by atoms with Crippen molar-refractivity contribution in [3.05, 3.63) is 71.8 Å². The molecule has 176 valence electrons. The summed E-state index contributed by atoms with van der Waals surface area (Å²) in [6.45, 7) is -0.0238. The van der Waals surface area contributed by atoms with E-state index in [1.807, 2.05) is 0 Å². The molecule has 2 aromatic rings. The molecule has 1 aliphatic heterocycles. The van der Waals surface area contributed by atoms with Crippen molar-refractivity contribution < 1.29 is 34.8 Å². The Bertz CT molecular complexity index is 982. The molecule has 0 spiro atoms. The highest BCUT2D eigenvalue weighted by Crippen LogP contribution is 2.49. The lowest BCUT2D eigenvalue weighted by atomic mass is 9.77. The Labute approximate surface area is 182 Å². The van der Waals surface area contributed by atoms with Gasteiger partial charge in [-0.25, -0.2) is 8.42 Å². The van der Waals surface area contributed by atoms with Gasteiger partial charge in [-0.05, 0) is 30.5 Å². The second-order valence-corrected chi connectivity index (χ2v) is 9.50. The zero-order valence-electron chi connectivity index (χ0n) is 17.0. The van der Waals surface area contributed by atoms with Crippen LogP contribution in [0.1, 0.15) is 30.9 Å². The molecule has 0 bridgehead atoms. The SMILES string of the molecule is CC(F)(F)C(F)(F)C(F)(F)S(=O)(=O)NC(c1ccccc1)(c1ccccc1)[C@@H]1CCCN1. The van der Waals surface area contributed by atoms with Gasteiger partial charge in [0.25, 0.3) is 10.0 Å². The fourth-order valence-electron chi connectivity index (χ4n) is 3.91. The van der Waals surface area contributed by atoms with Crippen LogP contribution in [-0.4, -0.2) is 38.1 Å². The molecule has 3 rings (SSSR count). The zero-order chi connectivity index (χ0) is 23.8. The molecule has 1 heterocycles. The highest BCUT2D eigenvalue weighted by atomic mass is 32.2. The monoisotopic (exact) mass is 480 g/mol. The number of alkyl halides is 6. The smallest absolute Gasteiger partial charge is 0.311 e. The lowest BCUT2D eigenvalue weighted by Gasteiger charge is -2.42. The van der Waals surface area contributed by atoms with Crippen molar-refractivity contribution in [3.63, 3.8) is 0 Å². The van der Waals surface area contributed by atoms with Gasteiger partial charge in [-0.2, -0.15) is 31.1 Å². The van der Waals surface area contributed by atoms with E-state index in [1.54, 1.807) is 16.9 Å². The van der Waals surface area contributed by atoms with E-state index in [0.29, 0.717) is 19.4 Å². The number of benzene rings is 2. The molecule has 2 aromatic carbocycles. The van der Waals surface area contributed by atoms with E-state index < -0.39 is 45.6 Å². The number of halogens is 6. The van der Waals surface area contributed by atoms with Crippen LogP contribution in [0.2, 0.25) is 0 Å². The largest absolute Gasteiger partial charge is 0.426 e. The van der Waals surface area contributed by atoms with Gasteiger partial charge in [0.05, 0.1) is 5.54 Å². The minimum Gasteiger partial charge on any atom is -0.311 e. The van der Waals surface area contributed by atoms with Crippen molar-refractivity contribution in [2.45, 2.75) is 48.4 Å². The van der Waals surface area contributed by atoms with Crippen LogP contribution < -0.4 is 10.0 Å². The van der Waals surface area contributed by atoms with E-state index in [-0.39, 0.29) is 11.1 Å². The molecule has 2 N–H and O–H groups in total. The summed E-state index contributed by atoms with van der Waals surface area (Å²) in [6.07, 6.45) is 0.881. The summed E-state index contributed by atoms with van der Waals surface area (Å²) in [5.74, 6) is -11.5. The molecule has 1 fully saturated rings. The van der Waals surface area contributed by atoms with Crippen LogP contribution in [0.15, 0.2) is 60.7 Å². The summed E-state index contributed by atoms with van der Waals surface area (Å²) in [5.41, 5.74) is -1.58. The van der Waals surface area contributed by atoms with Crippen LogP contribution in [0.5, 0.6) is 0 Å². The predicted octanol–water partition coefficient (Wildman–Crippen LogP) is 4.48. The Morgan fingerprint density at radius 3 is 1.72 bits per heavy atom. The highest BCUT2D eigenvalue weighted by Gasteiger charge is 2.76. The lowest BCUT2D eigenvalue weighted by Crippen LogP contribution is -2.65. The van der Waals surface area contributed by atoms with Gasteiger partial charge in [0.15, 0.2) is 0 Å². The Morgan fingerprint density at radius 2 is 1.34 bits per heavy atom. The Balaban J connectivity index is 2.25. The van der Waals surface area contributed by atoms with Gasteiger partial charge >= 0.3 is 17.1 Å².